The normalized spacial score (nSPS) is 12.4. The van der Waals surface area contributed by atoms with E-state index in [1.54, 1.807) is 11.6 Å². The summed E-state index contributed by atoms with van der Waals surface area (Å²) in [6.45, 7) is 1.52. The van der Waals surface area contributed by atoms with Crippen molar-refractivity contribution in [3.05, 3.63) is 75.2 Å². The van der Waals surface area contributed by atoms with Crippen molar-refractivity contribution >= 4 is 27.8 Å². The number of aryl methyl sites for hydroxylation is 2. The van der Waals surface area contributed by atoms with Crippen molar-refractivity contribution in [2.24, 2.45) is 14.1 Å². The van der Waals surface area contributed by atoms with Gasteiger partial charge in [0.15, 0.2) is 11.2 Å². The van der Waals surface area contributed by atoms with Crippen molar-refractivity contribution in [2.75, 3.05) is 0 Å². The van der Waals surface area contributed by atoms with Crippen LogP contribution in [0.3, 0.4) is 0 Å². The second-order valence-corrected chi connectivity index (χ2v) is 7.12. The van der Waals surface area contributed by atoms with Gasteiger partial charge in [0.25, 0.3) is 5.56 Å². The summed E-state index contributed by atoms with van der Waals surface area (Å²) >= 11 is 0. The van der Waals surface area contributed by atoms with Crippen molar-refractivity contribution in [3.63, 3.8) is 0 Å². The van der Waals surface area contributed by atoms with Gasteiger partial charge in [0.2, 0.25) is 5.91 Å². The highest BCUT2D eigenvalue weighted by Gasteiger charge is 2.18. The number of fused-ring (bicyclic) bond motifs is 2. The van der Waals surface area contributed by atoms with E-state index >= 15 is 0 Å². The van der Waals surface area contributed by atoms with E-state index < -0.39 is 17.2 Å². The SMILES string of the molecule is CC(NC(=O)Cn1c(=O)c2c(ncn2C)n(C)c1=O)c1cccc2ccccc12. The van der Waals surface area contributed by atoms with Gasteiger partial charge in [-0.25, -0.2) is 14.3 Å². The summed E-state index contributed by atoms with van der Waals surface area (Å²) in [4.78, 5) is 42.1. The van der Waals surface area contributed by atoms with Gasteiger partial charge in [-0.3, -0.25) is 14.2 Å². The molecule has 2 aromatic carbocycles. The number of imidazole rings is 1. The number of rotatable bonds is 4. The third-order valence-corrected chi connectivity index (χ3v) is 5.17. The molecule has 1 amide bonds. The lowest BCUT2D eigenvalue weighted by Gasteiger charge is -2.17. The maximum absolute atomic E-state index is 12.8. The summed E-state index contributed by atoms with van der Waals surface area (Å²) in [7, 11) is 3.21. The van der Waals surface area contributed by atoms with E-state index in [0.29, 0.717) is 5.65 Å². The molecule has 0 saturated heterocycles. The fourth-order valence-corrected chi connectivity index (χ4v) is 3.67. The minimum atomic E-state index is -0.575. The second kappa shape index (κ2) is 7.05. The maximum atomic E-state index is 12.8. The van der Waals surface area contributed by atoms with Gasteiger partial charge in [0, 0.05) is 14.1 Å². The first-order chi connectivity index (χ1) is 13.9. The van der Waals surface area contributed by atoms with E-state index in [4.69, 9.17) is 0 Å². The molecular weight excluding hydrogens is 370 g/mol. The van der Waals surface area contributed by atoms with Crippen LogP contribution in [0.5, 0.6) is 0 Å². The van der Waals surface area contributed by atoms with E-state index in [1.807, 2.05) is 49.4 Å². The molecule has 0 radical (unpaired) electrons. The van der Waals surface area contributed by atoms with Crippen LogP contribution in [0.4, 0.5) is 0 Å². The molecule has 0 aliphatic carbocycles. The van der Waals surface area contributed by atoms with E-state index in [9.17, 15) is 14.4 Å². The monoisotopic (exact) mass is 391 g/mol. The average molecular weight is 391 g/mol. The highest BCUT2D eigenvalue weighted by atomic mass is 16.2. The summed E-state index contributed by atoms with van der Waals surface area (Å²) in [5, 5.41) is 5.03. The molecule has 148 valence electrons. The van der Waals surface area contributed by atoms with Crippen LogP contribution in [0.15, 0.2) is 58.4 Å². The number of carbonyl (C=O) groups excluding carboxylic acids is 1. The van der Waals surface area contributed by atoms with Crippen LogP contribution < -0.4 is 16.6 Å². The molecule has 0 aliphatic rings. The topological polar surface area (TPSA) is 90.9 Å². The summed E-state index contributed by atoms with van der Waals surface area (Å²) in [5.74, 6) is -0.411. The molecule has 8 heteroatoms. The fourth-order valence-electron chi connectivity index (χ4n) is 3.67. The number of benzene rings is 2. The van der Waals surface area contributed by atoms with Gasteiger partial charge >= 0.3 is 5.69 Å². The van der Waals surface area contributed by atoms with Gasteiger partial charge in [0.1, 0.15) is 6.54 Å². The largest absolute Gasteiger partial charge is 0.348 e. The lowest BCUT2D eigenvalue weighted by Crippen LogP contribution is -2.43. The second-order valence-electron chi connectivity index (χ2n) is 7.12. The number of nitrogens with zero attached hydrogens (tertiary/aromatic N) is 4. The van der Waals surface area contributed by atoms with E-state index in [0.717, 1.165) is 20.9 Å². The zero-order valence-corrected chi connectivity index (χ0v) is 16.4. The molecule has 2 heterocycles. The molecule has 0 spiro atoms. The van der Waals surface area contributed by atoms with E-state index in [2.05, 4.69) is 10.3 Å². The molecule has 2 aromatic heterocycles. The Bertz CT molecular complexity index is 1360. The third-order valence-electron chi connectivity index (χ3n) is 5.17. The van der Waals surface area contributed by atoms with Crippen molar-refractivity contribution < 1.29 is 4.79 Å². The number of amides is 1. The third kappa shape index (κ3) is 3.12. The average Bonchev–Trinajstić information content (AvgIpc) is 3.10. The van der Waals surface area contributed by atoms with Crippen LogP contribution >= 0.6 is 0 Å². The summed E-state index contributed by atoms with van der Waals surface area (Å²) in [6.07, 6.45) is 1.47. The Morgan fingerprint density at radius 3 is 2.62 bits per heavy atom. The number of carbonyl (C=O) groups is 1. The van der Waals surface area contributed by atoms with Gasteiger partial charge < -0.3 is 9.88 Å². The van der Waals surface area contributed by atoms with Crippen molar-refractivity contribution in [1.29, 1.82) is 0 Å². The Morgan fingerprint density at radius 1 is 1.10 bits per heavy atom. The predicted octanol–water partition coefficient (Wildman–Crippen LogP) is 1.46. The van der Waals surface area contributed by atoms with Crippen LogP contribution in [-0.4, -0.2) is 24.6 Å². The number of hydrogen-bond donors (Lipinski definition) is 1. The van der Waals surface area contributed by atoms with Crippen molar-refractivity contribution in [3.8, 4) is 0 Å². The van der Waals surface area contributed by atoms with Crippen molar-refractivity contribution in [1.82, 2.24) is 24.0 Å². The standard InChI is InChI=1S/C21H21N5O3/c1-13(15-10-6-8-14-7-4-5-9-16(14)15)23-17(27)11-26-20(28)18-19(22-12-24(18)2)25(3)21(26)29/h4-10,12-13H,11H2,1-3H3,(H,23,27). The van der Waals surface area contributed by atoms with Gasteiger partial charge in [-0.05, 0) is 23.3 Å². The predicted molar refractivity (Wildman–Crippen MR) is 111 cm³/mol. The minimum Gasteiger partial charge on any atom is -0.348 e. The first-order valence-corrected chi connectivity index (χ1v) is 9.26. The quantitative estimate of drug-likeness (QED) is 0.570. The first-order valence-electron chi connectivity index (χ1n) is 9.26. The van der Waals surface area contributed by atoms with E-state index in [-0.39, 0.29) is 18.1 Å². The molecule has 0 saturated carbocycles. The Labute approximate surface area is 166 Å². The fraction of sp³-hybridized carbons (Fsp3) is 0.238. The highest BCUT2D eigenvalue weighted by Crippen LogP contribution is 2.23. The lowest BCUT2D eigenvalue weighted by molar-refractivity contribution is -0.122. The molecule has 0 bridgehead atoms. The minimum absolute atomic E-state index is 0.280. The summed E-state index contributed by atoms with van der Waals surface area (Å²) in [6, 6.07) is 13.6. The van der Waals surface area contributed by atoms with Crippen LogP contribution in [-0.2, 0) is 25.4 Å². The Morgan fingerprint density at radius 2 is 1.83 bits per heavy atom. The van der Waals surface area contributed by atoms with Crippen molar-refractivity contribution in [2.45, 2.75) is 19.5 Å². The Kier molecular flexibility index (Phi) is 4.54. The highest BCUT2D eigenvalue weighted by molar-refractivity contribution is 5.87. The molecule has 1 unspecified atom stereocenters. The smallest absolute Gasteiger partial charge is 0.332 e. The molecule has 29 heavy (non-hydrogen) atoms. The Hall–Kier alpha value is -3.68. The molecule has 4 aromatic rings. The van der Waals surface area contributed by atoms with Gasteiger partial charge in [-0.15, -0.1) is 0 Å². The van der Waals surface area contributed by atoms with Gasteiger partial charge in [-0.2, -0.15) is 0 Å². The Balaban J connectivity index is 1.64. The number of hydrogen-bond acceptors (Lipinski definition) is 4. The number of aromatic nitrogens is 4. The van der Waals surface area contributed by atoms with Crippen LogP contribution in [0.25, 0.3) is 21.9 Å². The molecule has 1 atom stereocenters. The van der Waals surface area contributed by atoms with Gasteiger partial charge in [0.05, 0.1) is 12.4 Å². The zero-order chi connectivity index (χ0) is 20.7. The molecule has 0 fully saturated rings. The van der Waals surface area contributed by atoms with Gasteiger partial charge in [-0.1, -0.05) is 42.5 Å². The lowest BCUT2D eigenvalue weighted by atomic mass is 10.00. The molecule has 0 aliphatic heterocycles. The molecule has 1 N–H and O–H groups in total. The zero-order valence-electron chi connectivity index (χ0n) is 16.4. The van der Waals surface area contributed by atoms with Crippen LogP contribution in [0.1, 0.15) is 18.5 Å². The summed E-state index contributed by atoms with van der Waals surface area (Å²) in [5.41, 5.74) is 0.439. The molecule has 8 nitrogen and oxygen atoms in total. The summed E-state index contributed by atoms with van der Waals surface area (Å²) < 4.78 is 3.76. The maximum Gasteiger partial charge on any atom is 0.332 e. The van der Waals surface area contributed by atoms with Crippen LogP contribution in [0.2, 0.25) is 0 Å². The first kappa shape index (κ1) is 18.7. The number of nitrogens with one attached hydrogen (secondary N) is 1. The molecule has 4 rings (SSSR count). The molecular formula is C21H21N5O3. The van der Waals surface area contributed by atoms with E-state index in [1.165, 1.54) is 17.9 Å². The van der Waals surface area contributed by atoms with Crippen LogP contribution in [0, 0.1) is 0 Å².